The summed E-state index contributed by atoms with van der Waals surface area (Å²) in [5.74, 6) is 0.325. The molecule has 152 valence electrons. The molecule has 1 saturated heterocycles. The molecule has 0 saturated carbocycles. The molecule has 1 aliphatic rings. The van der Waals surface area contributed by atoms with Gasteiger partial charge >= 0.3 is 0 Å². The molecule has 1 N–H and O–H groups in total. The van der Waals surface area contributed by atoms with Crippen molar-refractivity contribution in [3.8, 4) is 5.75 Å². The lowest BCUT2D eigenvalue weighted by atomic mass is 10.1. The molecule has 1 amide bonds. The number of benzene rings is 1. The van der Waals surface area contributed by atoms with Gasteiger partial charge in [0, 0.05) is 11.3 Å². The van der Waals surface area contributed by atoms with Crippen LogP contribution < -0.4 is 10.1 Å². The molecule has 28 heavy (non-hydrogen) atoms. The summed E-state index contributed by atoms with van der Waals surface area (Å²) in [5, 5.41) is 7.26. The van der Waals surface area contributed by atoms with Crippen LogP contribution in [0.1, 0.15) is 29.4 Å². The van der Waals surface area contributed by atoms with E-state index in [1.54, 1.807) is 4.68 Å². The number of nitrogens with zero attached hydrogens (tertiary/aromatic N) is 2. The molecule has 1 aromatic heterocycles. The van der Waals surface area contributed by atoms with Crippen molar-refractivity contribution in [3.63, 3.8) is 0 Å². The van der Waals surface area contributed by atoms with E-state index in [1.807, 2.05) is 13.8 Å². The number of nitrogens with one attached hydrogen (secondary N) is 1. The lowest BCUT2D eigenvalue weighted by molar-refractivity contribution is -0.120. The number of halogens is 1. The van der Waals surface area contributed by atoms with E-state index < -0.39 is 9.84 Å². The first-order valence-corrected chi connectivity index (χ1v) is 11.0. The molecule has 7 nitrogen and oxygen atoms in total. The van der Waals surface area contributed by atoms with Gasteiger partial charge in [0.25, 0.3) is 0 Å². The Balaban J connectivity index is 1.52. The van der Waals surface area contributed by atoms with E-state index >= 15 is 0 Å². The molecule has 2 aromatic rings. The first-order valence-electron chi connectivity index (χ1n) is 9.15. The molecule has 3 rings (SSSR count). The molecule has 0 bridgehead atoms. The van der Waals surface area contributed by atoms with Gasteiger partial charge in [-0.1, -0.05) is 0 Å². The highest BCUT2D eigenvalue weighted by molar-refractivity contribution is 7.91. The van der Waals surface area contributed by atoms with Crippen molar-refractivity contribution >= 4 is 15.7 Å². The molecule has 0 spiro atoms. The molecular weight excluding hydrogens is 385 g/mol. The van der Waals surface area contributed by atoms with Gasteiger partial charge in [0.05, 0.1) is 36.2 Å². The van der Waals surface area contributed by atoms with E-state index in [-0.39, 0.29) is 42.3 Å². The normalized spacial score (nSPS) is 18.2. The highest BCUT2D eigenvalue weighted by Crippen LogP contribution is 2.26. The molecule has 1 atom stereocenters. The number of carbonyl (C=O) groups is 1. The van der Waals surface area contributed by atoms with Crippen molar-refractivity contribution in [2.45, 2.75) is 32.7 Å². The van der Waals surface area contributed by atoms with E-state index in [1.165, 1.54) is 24.3 Å². The van der Waals surface area contributed by atoms with Gasteiger partial charge in [-0.05, 0) is 44.5 Å². The van der Waals surface area contributed by atoms with Crippen LogP contribution in [0.25, 0.3) is 0 Å². The number of rotatable bonds is 7. The molecule has 1 aliphatic heterocycles. The summed E-state index contributed by atoms with van der Waals surface area (Å²) in [5.41, 5.74) is 2.39. The van der Waals surface area contributed by atoms with Crippen LogP contribution in [0.15, 0.2) is 24.3 Å². The van der Waals surface area contributed by atoms with Crippen molar-refractivity contribution in [1.29, 1.82) is 0 Å². The van der Waals surface area contributed by atoms with Crippen molar-refractivity contribution < 1.29 is 22.3 Å². The van der Waals surface area contributed by atoms with Gasteiger partial charge in [-0.3, -0.25) is 9.48 Å². The smallest absolute Gasteiger partial charge is 0.224 e. The lowest BCUT2D eigenvalue weighted by Crippen LogP contribution is -2.29. The summed E-state index contributed by atoms with van der Waals surface area (Å²) in [6, 6.07) is 5.52. The fourth-order valence-corrected chi connectivity index (χ4v) is 5.08. The minimum absolute atomic E-state index is 0.0985. The van der Waals surface area contributed by atoms with Crippen LogP contribution in [0.2, 0.25) is 0 Å². The minimum atomic E-state index is -3.00. The summed E-state index contributed by atoms with van der Waals surface area (Å²) >= 11 is 0. The summed E-state index contributed by atoms with van der Waals surface area (Å²) in [7, 11) is -3.00. The first kappa shape index (κ1) is 20.3. The maximum absolute atomic E-state index is 12.8. The Morgan fingerprint density at radius 3 is 2.68 bits per heavy atom. The standard InChI is InChI=1S/C19H24FN3O4S/c1-13-18(14(2)23(22-13)16-7-10-28(25,26)12-16)11-19(24)21-8-9-27-17-5-3-15(20)4-6-17/h3-6,16H,7-12H2,1-2H3,(H,21,24). The Kier molecular flexibility index (Phi) is 6.02. The maximum atomic E-state index is 12.8. The third-order valence-electron chi connectivity index (χ3n) is 4.87. The Morgan fingerprint density at radius 1 is 1.32 bits per heavy atom. The molecule has 2 heterocycles. The average Bonchev–Trinajstić information content (AvgIpc) is 3.14. The predicted molar refractivity (Wildman–Crippen MR) is 103 cm³/mol. The Hall–Kier alpha value is -2.42. The molecule has 1 unspecified atom stereocenters. The molecule has 1 fully saturated rings. The fraction of sp³-hybridized carbons (Fsp3) is 0.474. The van der Waals surface area contributed by atoms with E-state index in [4.69, 9.17) is 4.74 Å². The monoisotopic (exact) mass is 409 g/mol. The number of amides is 1. The van der Waals surface area contributed by atoms with Crippen LogP contribution in [0.4, 0.5) is 4.39 Å². The lowest BCUT2D eigenvalue weighted by Gasteiger charge is -2.11. The van der Waals surface area contributed by atoms with Crippen LogP contribution in [0, 0.1) is 19.7 Å². The number of sulfone groups is 1. The highest BCUT2D eigenvalue weighted by Gasteiger charge is 2.31. The van der Waals surface area contributed by atoms with Crippen molar-refractivity contribution in [2.24, 2.45) is 0 Å². The van der Waals surface area contributed by atoms with E-state index in [9.17, 15) is 17.6 Å². The van der Waals surface area contributed by atoms with Crippen molar-refractivity contribution in [3.05, 3.63) is 47.0 Å². The predicted octanol–water partition coefficient (Wildman–Crippen LogP) is 1.74. The molecular formula is C19H24FN3O4S. The van der Waals surface area contributed by atoms with Gasteiger partial charge in [0.2, 0.25) is 5.91 Å². The average molecular weight is 409 g/mol. The Morgan fingerprint density at radius 2 is 2.04 bits per heavy atom. The van der Waals surface area contributed by atoms with Crippen LogP contribution in [0.5, 0.6) is 5.75 Å². The molecule has 9 heteroatoms. The van der Waals surface area contributed by atoms with Crippen LogP contribution >= 0.6 is 0 Å². The van der Waals surface area contributed by atoms with Gasteiger partial charge in [-0.25, -0.2) is 12.8 Å². The first-order chi connectivity index (χ1) is 13.2. The summed E-state index contributed by atoms with van der Waals surface area (Å²) in [6.07, 6.45) is 0.727. The topological polar surface area (TPSA) is 90.3 Å². The van der Waals surface area contributed by atoms with E-state index in [2.05, 4.69) is 10.4 Å². The molecule has 0 radical (unpaired) electrons. The number of ether oxygens (including phenoxy) is 1. The zero-order chi connectivity index (χ0) is 20.3. The third-order valence-corrected chi connectivity index (χ3v) is 6.62. The maximum Gasteiger partial charge on any atom is 0.224 e. The fourth-order valence-electron chi connectivity index (χ4n) is 3.39. The van der Waals surface area contributed by atoms with Gasteiger partial charge in [0.15, 0.2) is 9.84 Å². The second kappa shape index (κ2) is 8.30. The third kappa shape index (κ3) is 4.89. The quantitative estimate of drug-likeness (QED) is 0.704. The number of hydrogen-bond acceptors (Lipinski definition) is 5. The van der Waals surface area contributed by atoms with Crippen molar-refractivity contribution in [2.75, 3.05) is 24.7 Å². The highest BCUT2D eigenvalue weighted by atomic mass is 32.2. The zero-order valence-corrected chi connectivity index (χ0v) is 16.8. The van der Waals surface area contributed by atoms with Gasteiger partial charge in [-0.2, -0.15) is 5.10 Å². The van der Waals surface area contributed by atoms with Gasteiger partial charge in [0.1, 0.15) is 18.2 Å². The second-order valence-electron chi connectivity index (χ2n) is 6.98. The van der Waals surface area contributed by atoms with E-state index in [0.29, 0.717) is 18.7 Å². The number of carbonyl (C=O) groups excluding carboxylic acids is 1. The molecule has 0 aliphatic carbocycles. The summed E-state index contributed by atoms with van der Waals surface area (Å²) in [4.78, 5) is 12.3. The second-order valence-corrected chi connectivity index (χ2v) is 9.21. The summed E-state index contributed by atoms with van der Waals surface area (Å²) < 4.78 is 43.5. The number of aromatic nitrogens is 2. The van der Waals surface area contributed by atoms with Gasteiger partial charge in [-0.15, -0.1) is 0 Å². The zero-order valence-electron chi connectivity index (χ0n) is 15.9. The molecule has 1 aromatic carbocycles. The summed E-state index contributed by atoms with van der Waals surface area (Å²) in [6.45, 7) is 4.29. The minimum Gasteiger partial charge on any atom is -0.492 e. The number of hydrogen-bond donors (Lipinski definition) is 1. The van der Waals surface area contributed by atoms with E-state index in [0.717, 1.165) is 17.0 Å². The van der Waals surface area contributed by atoms with Gasteiger partial charge < -0.3 is 10.1 Å². The van der Waals surface area contributed by atoms with Crippen LogP contribution in [-0.2, 0) is 21.1 Å². The largest absolute Gasteiger partial charge is 0.492 e. The van der Waals surface area contributed by atoms with Crippen LogP contribution in [-0.4, -0.2) is 48.8 Å². The SMILES string of the molecule is Cc1nn(C2CCS(=O)(=O)C2)c(C)c1CC(=O)NCCOc1ccc(F)cc1. The van der Waals surface area contributed by atoms with Crippen molar-refractivity contribution in [1.82, 2.24) is 15.1 Å². The van der Waals surface area contributed by atoms with Crippen LogP contribution in [0.3, 0.4) is 0 Å². The number of aryl methyl sites for hydroxylation is 1. The Bertz CT molecular complexity index is 954. The Labute approximate surface area is 163 Å².